The second kappa shape index (κ2) is 4.73. The minimum absolute atomic E-state index is 0.179. The van der Waals surface area contributed by atoms with Crippen molar-refractivity contribution >= 4 is 21.6 Å². The Labute approximate surface area is 101 Å². The second-order valence-corrected chi connectivity index (χ2v) is 6.48. The number of halogens is 1. The molecule has 0 saturated heterocycles. The molecule has 0 aliphatic carbocycles. The molecule has 1 rings (SSSR count). The number of hydrogen-bond acceptors (Lipinski definition) is 3. The number of sulfonamides is 1. The summed E-state index contributed by atoms with van der Waals surface area (Å²) in [6.07, 6.45) is 1.30. The third-order valence-electron chi connectivity index (χ3n) is 2.18. The zero-order valence-corrected chi connectivity index (χ0v) is 11.1. The first-order valence-electron chi connectivity index (χ1n) is 4.84. The first-order chi connectivity index (χ1) is 7.28. The molecule has 0 amide bonds. The Balaban J connectivity index is 2.79. The van der Waals surface area contributed by atoms with Gasteiger partial charge in [0, 0.05) is 12.4 Å². The molecule has 1 aromatic heterocycles. The number of nitrogens with zero attached hydrogens (tertiary/aromatic N) is 1. The van der Waals surface area contributed by atoms with E-state index in [0.717, 1.165) is 0 Å². The summed E-state index contributed by atoms with van der Waals surface area (Å²) in [5.74, 6) is 0.389. The molecule has 5 nitrogen and oxygen atoms in total. The van der Waals surface area contributed by atoms with E-state index in [4.69, 9.17) is 11.6 Å². The molecule has 16 heavy (non-hydrogen) atoms. The van der Waals surface area contributed by atoms with Gasteiger partial charge in [0.15, 0.2) is 0 Å². The minimum atomic E-state index is -3.49. The lowest BCUT2D eigenvalue weighted by atomic mass is 9.97. The van der Waals surface area contributed by atoms with Crippen molar-refractivity contribution in [2.75, 3.05) is 12.4 Å². The number of rotatable bonds is 5. The largest absolute Gasteiger partial charge is 0.281 e. The Morgan fingerprint density at radius 2 is 2.19 bits per heavy atom. The van der Waals surface area contributed by atoms with Gasteiger partial charge < -0.3 is 0 Å². The lowest BCUT2D eigenvalue weighted by molar-refractivity contribution is 0.414. The molecular weight excluding hydrogens is 250 g/mol. The number of hydrogen-bond donors (Lipinski definition) is 2. The summed E-state index contributed by atoms with van der Waals surface area (Å²) in [4.78, 5) is 0.179. The molecule has 2 N–H and O–H groups in total. The predicted octanol–water partition coefficient (Wildman–Crippen LogP) is 1.26. The summed E-state index contributed by atoms with van der Waals surface area (Å²) in [6.45, 7) is 5.74. The molecular formula is C9H16ClN3O2S. The first kappa shape index (κ1) is 13.5. The highest BCUT2D eigenvalue weighted by atomic mass is 35.5. The van der Waals surface area contributed by atoms with Crippen molar-refractivity contribution in [3.05, 3.63) is 11.9 Å². The second-order valence-electron chi connectivity index (χ2n) is 4.48. The van der Waals surface area contributed by atoms with Gasteiger partial charge in [-0.15, -0.1) is 11.6 Å². The zero-order chi connectivity index (χ0) is 12.4. The van der Waals surface area contributed by atoms with E-state index in [9.17, 15) is 8.42 Å². The fourth-order valence-electron chi connectivity index (χ4n) is 1.03. The molecule has 92 valence electrons. The van der Waals surface area contributed by atoms with Crippen LogP contribution in [0.5, 0.6) is 0 Å². The molecule has 0 unspecified atom stereocenters. The van der Waals surface area contributed by atoms with Crippen LogP contribution in [0.15, 0.2) is 11.1 Å². The van der Waals surface area contributed by atoms with Gasteiger partial charge in [0.2, 0.25) is 10.0 Å². The summed E-state index contributed by atoms with van der Waals surface area (Å²) in [5, 5.41) is 6.27. The van der Waals surface area contributed by atoms with E-state index < -0.39 is 10.0 Å². The molecule has 1 aromatic rings. The van der Waals surface area contributed by atoms with Gasteiger partial charge in [-0.25, -0.2) is 13.1 Å². The normalized spacial score (nSPS) is 13.0. The fraction of sp³-hybridized carbons (Fsp3) is 0.667. The molecule has 0 bridgehead atoms. The van der Waals surface area contributed by atoms with Gasteiger partial charge in [0.05, 0.1) is 11.9 Å². The Hall–Kier alpha value is -0.590. The predicted molar refractivity (Wildman–Crippen MR) is 63.0 cm³/mol. The molecule has 1 heterocycles. The summed E-state index contributed by atoms with van der Waals surface area (Å²) < 4.78 is 26.2. The molecule has 0 atom stereocenters. The van der Waals surface area contributed by atoms with Gasteiger partial charge in [-0.2, -0.15) is 5.10 Å². The topological polar surface area (TPSA) is 74.8 Å². The van der Waals surface area contributed by atoms with Gasteiger partial charge in [-0.3, -0.25) is 5.10 Å². The first-order valence-corrected chi connectivity index (χ1v) is 6.86. The van der Waals surface area contributed by atoms with Crippen molar-refractivity contribution in [2.24, 2.45) is 5.41 Å². The monoisotopic (exact) mass is 265 g/mol. The van der Waals surface area contributed by atoms with E-state index in [-0.39, 0.29) is 10.3 Å². The number of H-pyrrole nitrogens is 1. The summed E-state index contributed by atoms with van der Waals surface area (Å²) in [7, 11) is -3.49. The van der Waals surface area contributed by atoms with Crippen molar-refractivity contribution in [3.8, 4) is 0 Å². The lowest BCUT2D eigenvalue weighted by Gasteiger charge is -2.21. The highest BCUT2D eigenvalue weighted by Crippen LogP contribution is 2.17. The Morgan fingerprint density at radius 3 is 2.62 bits per heavy atom. The summed E-state index contributed by atoms with van der Waals surface area (Å²) in [6, 6.07) is 0. The summed E-state index contributed by atoms with van der Waals surface area (Å²) in [5.41, 5.74) is 0.253. The number of aryl methyl sites for hydroxylation is 1. The average molecular weight is 266 g/mol. The van der Waals surface area contributed by atoms with Crippen LogP contribution in [-0.4, -0.2) is 31.0 Å². The Kier molecular flexibility index (Phi) is 3.98. The number of aromatic nitrogens is 2. The van der Waals surface area contributed by atoms with Crippen molar-refractivity contribution in [2.45, 2.75) is 25.7 Å². The highest BCUT2D eigenvalue weighted by molar-refractivity contribution is 7.89. The van der Waals surface area contributed by atoms with E-state index in [1.807, 2.05) is 13.8 Å². The van der Waals surface area contributed by atoms with Crippen LogP contribution >= 0.6 is 11.6 Å². The van der Waals surface area contributed by atoms with E-state index in [0.29, 0.717) is 18.1 Å². The molecule has 0 saturated carbocycles. The van der Waals surface area contributed by atoms with Gasteiger partial charge in [0.25, 0.3) is 0 Å². The van der Waals surface area contributed by atoms with Gasteiger partial charge in [0.1, 0.15) is 4.90 Å². The van der Waals surface area contributed by atoms with Crippen LogP contribution in [0.2, 0.25) is 0 Å². The zero-order valence-electron chi connectivity index (χ0n) is 9.54. The number of alkyl halides is 1. The van der Waals surface area contributed by atoms with Gasteiger partial charge >= 0.3 is 0 Å². The Morgan fingerprint density at radius 1 is 1.56 bits per heavy atom. The van der Waals surface area contributed by atoms with Crippen LogP contribution in [0.1, 0.15) is 19.5 Å². The molecule has 0 aliphatic rings. The average Bonchev–Trinajstić information content (AvgIpc) is 2.63. The lowest BCUT2D eigenvalue weighted by Crippen LogP contribution is -2.35. The van der Waals surface area contributed by atoms with Crippen molar-refractivity contribution in [1.82, 2.24) is 14.9 Å². The standard InChI is InChI=1S/C9H16ClN3O2S/c1-7-8(4-11-13-7)16(14,15)12-6-9(2,3)5-10/h4,12H,5-6H2,1-3H3,(H,11,13). The maximum atomic E-state index is 11.9. The van der Waals surface area contributed by atoms with Crippen molar-refractivity contribution in [1.29, 1.82) is 0 Å². The third-order valence-corrected chi connectivity index (χ3v) is 4.41. The molecule has 0 fully saturated rings. The molecule has 0 radical (unpaired) electrons. The van der Waals surface area contributed by atoms with E-state index >= 15 is 0 Å². The molecule has 0 aromatic carbocycles. The van der Waals surface area contributed by atoms with E-state index in [1.54, 1.807) is 6.92 Å². The maximum absolute atomic E-state index is 11.9. The minimum Gasteiger partial charge on any atom is -0.281 e. The number of nitrogens with one attached hydrogen (secondary N) is 2. The van der Waals surface area contributed by atoms with Crippen LogP contribution in [0.4, 0.5) is 0 Å². The van der Waals surface area contributed by atoms with Crippen LogP contribution < -0.4 is 4.72 Å². The highest BCUT2D eigenvalue weighted by Gasteiger charge is 2.23. The van der Waals surface area contributed by atoms with Crippen LogP contribution in [0, 0.1) is 12.3 Å². The Bertz CT molecular complexity index is 453. The van der Waals surface area contributed by atoms with Crippen LogP contribution in [-0.2, 0) is 10.0 Å². The van der Waals surface area contributed by atoms with Crippen molar-refractivity contribution in [3.63, 3.8) is 0 Å². The molecule has 0 aliphatic heterocycles. The molecule has 7 heteroatoms. The maximum Gasteiger partial charge on any atom is 0.243 e. The third kappa shape index (κ3) is 3.20. The molecule has 0 spiro atoms. The smallest absolute Gasteiger partial charge is 0.243 e. The van der Waals surface area contributed by atoms with Crippen LogP contribution in [0.25, 0.3) is 0 Å². The van der Waals surface area contributed by atoms with E-state index in [2.05, 4.69) is 14.9 Å². The SMILES string of the molecule is Cc1[nH]ncc1S(=O)(=O)NCC(C)(C)CCl. The van der Waals surface area contributed by atoms with E-state index in [1.165, 1.54) is 6.20 Å². The van der Waals surface area contributed by atoms with Crippen LogP contribution in [0.3, 0.4) is 0 Å². The fourth-order valence-corrected chi connectivity index (χ4v) is 2.50. The quantitative estimate of drug-likeness (QED) is 0.787. The van der Waals surface area contributed by atoms with Crippen molar-refractivity contribution < 1.29 is 8.42 Å². The van der Waals surface area contributed by atoms with Gasteiger partial charge in [-0.1, -0.05) is 13.8 Å². The summed E-state index contributed by atoms with van der Waals surface area (Å²) >= 11 is 5.72. The van der Waals surface area contributed by atoms with Gasteiger partial charge in [-0.05, 0) is 12.3 Å². The number of aromatic amines is 1.